The lowest BCUT2D eigenvalue weighted by molar-refractivity contribution is 0.721. The number of hydrogen-bond acceptors (Lipinski definition) is 3. The summed E-state index contributed by atoms with van der Waals surface area (Å²) in [5.74, 6) is 1.01. The maximum Gasteiger partial charge on any atom is 0.150 e. The molecule has 74 valence electrons. The van der Waals surface area contributed by atoms with Gasteiger partial charge in [0.15, 0.2) is 0 Å². The Labute approximate surface area is 79.3 Å². The van der Waals surface area contributed by atoms with Crippen LogP contribution in [0.2, 0.25) is 0 Å². The Morgan fingerprint density at radius 3 is 2.54 bits per heavy atom. The number of nitrogens with two attached hydrogens (primary N) is 1. The third-order valence-electron chi connectivity index (χ3n) is 2.16. The summed E-state index contributed by atoms with van der Waals surface area (Å²) in [4.78, 5) is 2.13. The van der Waals surface area contributed by atoms with Crippen molar-refractivity contribution in [3.05, 3.63) is 5.69 Å². The first-order valence-electron chi connectivity index (χ1n) is 4.58. The van der Waals surface area contributed by atoms with Crippen LogP contribution in [0.15, 0.2) is 0 Å². The lowest BCUT2D eigenvalue weighted by Crippen LogP contribution is -2.21. The van der Waals surface area contributed by atoms with Gasteiger partial charge in [-0.2, -0.15) is 5.10 Å². The number of hydrogen-bond donors (Lipinski definition) is 1. The highest BCUT2D eigenvalue weighted by Crippen LogP contribution is 2.24. The fourth-order valence-electron chi connectivity index (χ4n) is 1.56. The molecule has 0 unspecified atom stereocenters. The summed E-state index contributed by atoms with van der Waals surface area (Å²) in [6, 6.07) is 0. The van der Waals surface area contributed by atoms with Crippen LogP contribution in [0.3, 0.4) is 0 Å². The van der Waals surface area contributed by atoms with E-state index in [9.17, 15) is 0 Å². The van der Waals surface area contributed by atoms with Crippen LogP contribution >= 0.6 is 0 Å². The van der Waals surface area contributed by atoms with E-state index in [0.29, 0.717) is 0 Å². The number of aryl methyl sites for hydroxylation is 2. The van der Waals surface area contributed by atoms with Crippen LogP contribution in [0.4, 0.5) is 11.5 Å². The van der Waals surface area contributed by atoms with Gasteiger partial charge in [0.25, 0.3) is 0 Å². The summed E-state index contributed by atoms with van der Waals surface area (Å²) in [6.07, 6.45) is 1.11. The lowest BCUT2D eigenvalue weighted by Gasteiger charge is -2.18. The molecule has 0 spiro atoms. The average molecular weight is 182 g/mol. The summed E-state index contributed by atoms with van der Waals surface area (Å²) >= 11 is 0. The SMILES string of the molecule is CCCN(C)c1c(N)c(C)nn1C. The summed E-state index contributed by atoms with van der Waals surface area (Å²) in [7, 11) is 3.96. The molecule has 0 aliphatic rings. The molecule has 0 bridgehead atoms. The smallest absolute Gasteiger partial charge is 0.150 e. The van der Waals surface area contributed by atoms with Crippen LogP contribution in [0.1, 0.15) is 19.0 Å². The highest BCUT2D eigenvalue weighted by molar-refractivity contribution is 5.65. The van der Waals surface area contributed by atoms with E-state index < -0.39 is 0 Å². The second-order valence-electron chi connectivity index (χ2n) is 3.37. The van der Waals surface area contributed by atoms with Crippen molar-refractivity contribution in [3.63, 3.8) is 0 Å². The minimum Gasteiger partial charge on any atom is -0.394 e. The van der Waals surface area contributed by atoms with Crippen LogP contribution in [0, 0.1) is 6.92 Å². The van der Waals surface area contributed by atoms with Crippen molar-refractivity contribution in [3.8, 4) is 0 Å². The lowest BCUT2D eigenvalue weighted by atomic mass is 10.3. The summed E-state index contributed by atoms with van der Waals surface area (Å²) < 4.78 is 1.83. The predicted octanol–water partition coefficient (Wildman–Crippen LogP) is 1.16. The van der Waals surface area contributed by atoms with E-state index in [2.05, 4.69) is 16.9 Å². The molecule has 0 aromatic carbocycles. The molecule has 0 amide bonds. The first-order valence-corrected chi connectivity index (χ1v) is 4.58. The van der Waals surface area contributed by atoms with Gasteiger partial charge in [0.1, 0.15) is 5.82 Å². The van der Waals surface area contributed by atoms with Gasteiger partial charge >= 0.3 is 0 Å². The molecule has 2 N–H and O–H groups in total. The van der Waals surface area contributed by atoms with Crippen molar-refractivity contribution in [2.45, 2.75) is 20.3 Å². The van der Waals surface area contributed by atoms with Crippen LogP contribution in [-0.2, 0) is 7.05 Å². The minimum absolute atomic E-state index is 0.790. The molecule has 0 saturated heterocycles. The third-order valence-corrected chi connectivity index (χ3v) is 2.16. The first kappa shape index (κ1) is 9.89. The molecular formula is C9H18N4. The highest BCUT2D eigenvalue weighted by atomic mass is 15.4. The van der Waals surface area contributed by atoms with E-state index >= 15 is 0 Å². The Morgan fingerprint density at radius 2 is 2.15 bits per heavy atom. The Hall–Kier alpha value is -1.19. The molecule has 0 saturated carbocycles. The predicted molar refractivity (Wildman–Crippen MR) is 55.9 cm³/mol. The Morgan fingerprint density at radius 1 is 1.54 bits per heavy atom. The Kier molecular flexibility index (Phi) is 2.80. The molecule has 0 radical (unpaired) electrons. The largest absolute Gasteiger partial charge is 0.394 e. The van der Waals surface area contributed by atoms with Gasteiger partial charge in [0.2, 0.25) is 0 Å². The van der Waals surface area contributed by atoms with Gasteiger partial charge in [-0.25, -0.2) is 0 Å². The molecule has 1 aromatic heterocycles. The molecule has 13 heavy (non-hydrogen) atoms. The fourth-order valence-corrected chi connectivity index (χ4v) is 1.56. The van der Waals surface area contributed by atoms with E-state index in [4.69, 9.17) is 5.73 Å². The van der Waals surface area contributed by atoms with Gasteiger partial charge in [-0.05, 0) is 13.3 Å². The molecule has 0 atom stereocenters. The first-order chi connectivity index (χ1) is 6.07. The number of rotatable bonds is 3. The van der Waals surface area contributed by atoms with Crippen molar-refractivity contribution >= 4 is 11.5 Å². The summed E-state index contributed by atoms with van der Waals surface area (Å²) in [5, 5.41) is 4.26. The standard InChI is InChI=1S/C9H18N4/c1-5-6-12(3)9-8(10)7(2)11-13(9)4/h5-6,10H2,1-4H3. The van der Waals surface area contributed by atoms with Gasteiger partial charge in [0.05, 0.1) is 11.4 Å². The van der Waals surface area contributed by atoms with E-state index in [-0.39, 0.29) is 0 Å². The van der Waals surface area contributed by atoms with Crippen molar-refractivity contribution in [1.29, 1.82) is 0 Å². The zero-order valence-electron chi connectivity index (χ0n) is 8.83. The van der Waals surface area contributed by atoms with E-state index in [1.807, 2.05) is 25.7 Å². The van der Waals surface area contributed by atoms with Crippen molar-refractivity contribution in [1.82, 2.24) is 9.78 Å². The van der Waals surface area contributed by atoms with E-state index in [0.717, 1.165) is 30.2 Å². The zero-order chi connectivity index (χ0) is 10.0. The quantitative estimate of drug-likeness (QED) is 0.763. The summed E-state index contributed by atoms with van der Waals surface area (Å²) in [5.41, 5.74) is 7.60. The van der Waals surface area contributed by atoms with Crippen LogP contribution in [0.5, 0.6) is 0 Å². The topological polar surface area (TPSA) is 47.1 Å². The second kappa shape index (κ2) is 3.68. The van der Waals surface area contributed by atoms with Gasteiger partial charge in [-0.15, -0.1) is 0 Å². The number of nitrogen functional groups attached to an aromatic ring is 1. The molecule has 4 heteroatoms. The molecule has 1 heterocycles. The molecule has 0 fully saturated rings. The van der Waals surface area contributed by atoms with Gasteiger partial charge in [-0.1, -0.05) is 6.92 Å². The number of nitrogens with zero attached hydrogens (tertiary/aromatic N) is 3. The number of anilines is 2. The van der Waals surface area contributed by atoms with E-state index in [1.165, 1.54) is 0 Å². The third kappa shape index (κ3) is 1.76. The molecular weight excluding hydrogens is 164 g/mol. The molecule has 0 aliphatic heterocycles. The molecule has 4 nitrogen and oxygen atoms in total. The zero-order valence-corrected chi connectivity index (χ0v) is 8.83. The van der Waals surface area contributed by atoms with Gasteiger partial charge < -0.3 is 10.6 Å². The molecule has 1 rings (SSSR count). The maximum atomic E-state index is 5.91. The Balaban J connectivity index is 2.98. The minimum atomic E-state index is 0.790. The van der Waals surface area contributed by atoms with Crippen LogP contribution in [0.25, 0.3) is 0 Å². The molecule has 0 aliphatic carbocycles. The van der Waals surface area contributed by atoms with Crippen molar-refractivity contribution in [2.24, 2.45) is 7.05 Å². The van der Waals surface area contributed by atoms with Crippen LogP contribution in [-0.4, -0.2) is 23.4 Å². The van der Waals surface area contributed by atoms with Crippen LogP contribution < -0.4 is 10.6 Å². The van der Waals surface area contributed by atoms with Crippen molar-refractivity contribution in [2.75, 3.05) is 24.2 Å². The average Bonchev–Trinajstić information content (AvgIpc) is 2.27. The monoisotopic (exact) mass is 182 g/mol. The number of aromatic nitrogens is 2. The van der Waals surface area contributed by atoms with Crippen molar-refractivity contribution < 1.29 is 0 Å². The van der Waals surface area contributed by atoms with E-state index in [1.54, 1.807) is 0 Å². The normalized spacial score (nSPS) is 10.5. The van der Waals surface area contributed by atoms with Gasteiger partial charge in [-0.3, -0.25) is 4.68 Å². The highest BCUT2D eigenvalue weighted by Gasteiger charge is 2.12. The summed E-state index contributed by atoms with van der Waals surface area (Å²) in [6.45, 7) is 5.08. The molecule has 1 aromatic rings. The second-order valence-corrected chi connectivity index (χ2v) is 3.37. The maximum absolute atomic E-state index is 5.91. The Bertz CT molecular complexity index is 290. The fraction of sp³-hybridized carbons (Fsp3) is 0.667. The van der Waals surface area contributed by atoms with Gasteiger partial charge in [0, 0.05) is 20.6 Å².